The van der Waals surface area contributed by atoms with E-state index < -0.39 is 5.97 Å². The Morgan fingerprint density at radius 3 is 2.71 bits per heavy atom. The van der Waals surface area contributed by atoms with E-state index in [9.17, 15) is 4.79 Å². The van der Waals surface area contributed by atoms with Crippen LogP contribution < -0.4 is 0 Å². The molecule has 92 valence electrons. The molecule has 0 radical (unpaired) electrons. The normalized spacial score (nSPS) is 11.7. The lowest BCUT2D eigenvalue weighted by Crippen LogP contribution is -2.16. The molecule has 0 bridgehead atoms. The van der Waals surface area contributed by atoms with Gasteiger partial charge in [-0.2, -0.15) is 0 Å². The molecule has 3 nitrogen and oxygen atoms in total. The van der Waals surface area contributed by atoms with Crippen LogP contribution in [0, 0.1) is 0 Å². The summed E-state index contributed by atoms with van der Waals surface area (Å²) >= 11 is 5.93. The van der Waals surface area contributed by atoms with Crippen LogP contribution in [-0.4, -0.2) is 29.9 Å². The summed E-state index contributed by atoms with van der Waals surface area (Å²) in [5.74, 6) is 0.338. The van der Waals surface area contributed by atoms with Gasteiger partial charge >= 0.3 is 5.97 Å². The number of hydrogen-bond donors (Lipinski definition) is 0. The van der Waals surface area contributed by atoms with Gasteiger partial charge in [0.15, 0.2) is 5.75 Å². The zero-order valence-corrected chi connectivity index (χ0v) is 11.6. The predicted octanol–water partition coefficient (Wildman–Crippen LogP) is 2.49. The number of rotatable bonds is 4. The quantitative estimate of drug-likeness (QED) is 0.366. The van der Waals surface area contributed by atoms with Crippen LogP contribution in [0.2, 0.25) is 5.02 Å². The number of benzene rings is 1. The van der Waals surface area contributed by atoms with E-state index in [1.54, 1.807) is 6.07 Å². The molecule has 0 saturated heterocycles. The zero-order chi connectivity index (χ0) is 12.8. The monoisotopic (exact) mass is 272 g/mol. The average Bonchev–Trinajstić information content (AvgIpc) is 2.23. The Morgan fingerprint density at radius 2 is 2.18 bits per heavy atom. The molecule has 0 heterocycles. The lowest BCUT2D eigenvalue weighted by molar-refractivity contribution is -0.140. The van der Waals surface area contributed by atoms with Crippen LogP contribution in [0.25, 0.3) is 0 Å². The van der Waals surface area contributed by atoms with Gasteiger partial charge in [-0.1, -0.05) is 28.9 Å². The average molecular weight is 273 g/mol. The molecule has 0 amide bonds. The number of carbonyl (C=O) groups excluding carboxylic acids is 1. The highest BCUT2D eigenvalue weighted by Crippen LogP contribution is 2.12. The SMILES string of the molecule is CC(=O)ON=C(C[S+](C)C)c1cccc(Cl)c1. The molecule has 0 N–H and O–H groups in total. The van der Waals surface area contributed by atoms with Crippen LogP contribution >= 0.6 is 11.6 Å². The minimum Gasteiger partial charge on any atom is -0.318 e. The summed E-state index contributed by atoms with van der Waals surface area (Å²) in [6.45, 7) is 1.33. The predicted molar refractivity (Wildman–Crippen MR) is 73.8 cm³/mol. The minimum atomic E-state index is -0.420. The Labute approximate surface area is 109 Å². The van der Waals surface area contributed by atoms with E-state index in [1.807, 2.05) is 18.2 Å². The number of halogens is 1. The lowest BCUT2D eigenvalue weighted by atomic mass is 10.1. The lowest BCUT2D eigenvalue weighted by Gasteiger charge is -2.04. The molecular formula is C12H15ClNO2S+. The van der Waals surface area contributed by atoms with Crippen molar-refractivity contribution < 1.29 is 9.63 Å². The van der Waals surface area contributed by atoms with Crippen molar-refractivity contribution in [2.24, 2.45) is 5.16 Å². The Hall–Kier alpha value is -1.00. The molecule has 0 spiro atoms. The fourth-order valence-electron chi connectivity index (χ4n) is 1.22. The first-order valence-electron chi connectivity index (χ1n) is 5.03. The second kappa shape index (κ2) is 6.67. The van der Waals surface area contributed by atoms with E-state index in [1.165, 1.54) is 6.92 Å². The second-order valence-corrected chi connectivity index (χ2v) is 6.46. The summed E-state index contributed by atoms with van der Waals surface area (Å²) < 4.78 is 0. The molecule has 0 aliphatic rings. The van der Waals surface area contributed by atoms with E-state index >= 15 is 0 Å². The first kappa shape index (κ1) is 14.1. The summed E-state index contributed by atoms with van der Waals surface area (Å²) in [5, 5.41) is 4.53. The first-order chi connectivity index (χ1) is 7.99. The molecular weight excluding hydrogens is 258 g/mol. The maximum atomic E-state index is 10.8. The van der Waals surface area contributed by atoms with Crippen LogP contribution in [0.15, 0.2) is 29.4 Å². The van der Waals surface area contributed by atoms with Gasteiger partial charge in [-0.25, -0.2) is 4.79 Å². The van der Waals surface area contributed by atoms with Crippen molar-refractivity contribution in [2.75, 3.05) is 18.3 Å². The topological polar surface area (TPSA) is 38.7 Å². The summed E-state index contributed by atoms with van der Waals surface area (Å²) in [5.41, 5.74) is 1.64. The summed E-state index contributed by atoms with van der Waals surface area (Å²) in [7, 11) is 0.167. The summed E-state index contributed by atoms with van der Waals surface area (Å²) in [6.07, 6.45) is 4.21. The minimum absolute atomic E-state index is 0.167. The highest BCUT2D eigenvalue weighted by Gasteiger charge is 2.14. The van der Waals surface area contributed by atoms with E-state index in [0.29, 0.717) is 5.02 Å². The number of carbonyl (C=O) groups is 1. The zero-order valence-electron chi connectivity index (χ0n) is 10.1. The molecule has 0 saturated carbocycles. The van der Waals surface area contributed by atoms with Crippen molar-refractivity contribution in [3.63, 3.8) is 0 Å². The highest BCUT2D eigenvalue weighted by molar-refractivity contribution is 7.96. The molecule has 1 aromatic rings. The van der Waals surface area contributed by atoms with Crippen LogP contribution in [0.4, 0.5) is 0 Å². The number of hydrogen-bond acceptors (Lipinski definition) is 3. The van der Waals surface area contributed by atoms with Gasteiger partial charge in [0.2, 0.25) is 0 Å². The maximum Gasteiger partial charge on any atom is 0.331 e. The van der Waals surface area contributed by atoms with Crippen molar-refractivity contribution in [3.8, 4) is 0 Å². The van der Waals surface area contributed by atoms with Crippen molar-refractivity contribution in [1.82, 2.24) is 0 Å². The fourth-order valence-corrected chi connectivity index (χ4v) is 2.18. The highest BCUT2D eigenvalue weighted by atomic mass is 35.5. The molecule has 0 unspecified atom stereocenters. The molecule has 0 aromatic heterocycles. The maximum absolute atomic E-state index is 10.8. The van der Waals surface area contributed by atoms with Gasteiger partial charge in [0.05, 0.1) is 12.5 Å². The van der Waals surface area contributed by atoms with Crippen LogP contribution in [0.1, 0.15) is 12.5 Å². The Bertz CT molecular complexity index is 432. The largest absolute Gasteiger partial charge is 0.331 e. The molecule has 0 fully saturated rings. The molecule has 1 aromatic carbocycles. The van der Waals surface area contributed by atoms with Gasteiger partial charge in [0.1, 0.15) is 5.71 Å². The van der Waals surface area contributed by atoms with E-state index in [0.717, 1.165) is 17.0 Å². The van der Waals surface area contributed by atoms with Gasteiger partial charge in [0.25, 0.3) is 0 Å². The molecule has 1 rings (SSSR count). The molecule has 17 heavy (non-hydrogen) atoms. The smallest absolute Gasteiger partial charge is 0.318 e. The third-order valence-electron chi connectivity index (χ3n) is 1.87. The Kier molecular flexibility index (Phi) is 5.51. The van der Waals surface area contributed by atoms with Gasteiger partial charge in [-0.05, 0) is 23.0 Å². The van der Waals surface area contributed by atoms with Crippen molar-refractivity contribution in [1.29, 1.82) is 0 Å². The fraction of sp³-hybridized carbons (Fsp3) is 0.333. The molecule has 0 aliphatic carbocycles. The molecule has 5 heteroatoms. The van der Waals surface area contributed by atoms with Gasteiger partial charge in [-0.3, -0.25) is 0 Å². The Morgan fingerprint density at radius 1 is 1.47 bits per heavy atom. The van der Waals surface area contributed by atoms with Crippen LogP contribution in [0.3, 0.4) is 0 Å². The summed E-state index contributed by atoms with van der Waals surface area (Å²) in [4.78, 5) is 15.5. The second-order valence-electron chi connectivity index (χ2n) is 3.76. The molecule has 0 aliphatic heterocycles. The number of oxime groups is 1. The van der Waals surface area contributed by atoms with Crippen molar-refractivity contribution in [3.05, 3.63) is 34.9 Å². The van der Waals surface area contributed by atoms with Crippen LogP contribution in [0.5, 0.6) is 0 Å². The van der Waals surface area contributed by atoms with Gasteiger partial charge in [0, 0.05) is 17.5 Å². The standard InChI is InChI=1S/C12H15ClNO2S/c1-9(15)16-14-12(8-17(2)3)10-5-4-6-11(13)7-10/h4-7H,8H2,1-3H3/q+1. The van der Waals surface area contributed by atoms with Gasteiger partial charge in [-0.15, -0.1) is 0 Å². The third kappa shape index (κ3) is 5.24. The van der Waals surface area contributed by atoms with Gasteiger partial charge < -0.3 is 4.84 Å². The van der Waals surface area contributed by atoms with E-state index in [4.69, 9.17) is 16.4 Å². The van der Waals surface area contributed by atoms with Crippen molar-refractivity contribution >= 4 is 34.2 Å². The van der Waals surface area contributed by atoms with E-state index in [-0.39, 0.29) is 10.9 Å². The number of nitrogens with zero attached hydrogens (tertiary/aromatic N) is 1. The summed E-state index contributed by atoms with van der Waals surface area (Å²) in [6, 6.07) is 7.37. The van der Waals surface area contributed by atoms with E-state index in [2.05, 4.69) is 17.7 Å². The Balaban J connectivity index is 2.97. The first-order valence-corrected chi connectivity index (χ1v) is 7.62. The van der Waals surface area contributed by atoms with Crippen LogP contribution in [-0.2, 0) is 20.5 Å². The third-order valence-corrected chi connectivity index (χ3v) is 2.95. The molecule has 0 atom stereocenters. The van der Waals surface area contributed by atoms with Crippen molar-refractivity contribution in [2.45, 2.75) is 6.92 Å².